The van der Waals surface area contributed by atoms with Crippen LogP contribution in [0.2, 0.25) is 0 Å². The molecule has 2 aliphatic rings. The van der Waals surface area contributed by atoms with Gasteiger partial charge in [-0.05, 0) is 59.1 Å². The molecule has 1 radical (unpaired) electrons. The predicted molar refractivity (Wildman–Crippen MR) is 124 cm³/mol. The maximum Gasteiger partial charge on any atom is 0.0626 e. The van der Waals surface area contributed by atoms with Crippen LogP contribution in [0.1, 0.15) is 46.0 Å². The minimum Gasteiger partial charge on any atom is -0.393 e. The zero-order valence-corrected chi connectivity index (χ0v) is 21.4. The molecule has 2 aliphatic carbocycles. The molecule has 0 amide bonds. The number of benzene rings is 1. The molecule has 2 saturated carbocycles. The summed E-state index contributed by atoms with van der Waals surface area (Å²) in [5, 5.41) is 21.5. The molecule has 0 bridgehead atoms. The molecule has 2 aromatic heterocycles. The number of rotatable bonds is 2. The van der Waals surface area contributed by atoms with Gasteiger partial charge in [0.15, 0.2) is 0 Å². The summed E-state index contributed by atoms with van der Waals surface area (Å²) in [6.07, 6.45) is 6.90. The first-order chi connectivity index (χ1) is 14.5. The third-order valence-electron chi connectivity index (χ3n) is 6.87. The van der Waals surface area contributed by atoms with Crippen LogP contribution in [-0.4, -0.2) is 27.4 Å². The van der Waals surface area contributed by atoms with Gasteiger partial charge in [0.05, 0.1) is 12.2 Å². The summed E-state index contributed by atoms with van der Waals surface area (Å²) in [5.74, 6) is 1.68. The van der Waals surface area contributed by atoms with Crippen LogP contribution in [0.15, 0.2) is 48.7 Å². The number of thiophene rings is 1. The Morgan fingerprint density at radius 2 is 1.77 bits per heavy atom. The zero-order valence-electron chi connectivity index (χ0n) is 18.2. The molecule has 0 spiro atoms. The van der Waals surface area contributed by atoms with Gasteiger partial charge in [0, 0.05) is 37.9 Å². The molecule has 5 heteroatoms. The van der Waals surface area contributed by atoms with Crippen LogP contribution in [-0.2, 0) is 20.1 Å². The summed E-state index contributed by atoms with van der Waals surface area (Å²) in [4.78, 5) is 5.43. The molecule has 1 aromatic carbocycles. The number of nitrogens with zero attached hydrogens (tertiary/aromatic N) is 1. The fourth-order valence-corrected chi connectivity index (χ4v) is 6.24. The maximum atomic E-state index is 10.4. The summed E-state index contributed by atoms with van der Waals surface area (Å²) >= 11 is 1.73. The van der Waals surface area contributed by atoms with E-state index in [1.165, 1.54) is 22.9 Å². The summed E-state index contributed by atoms with van der Waals surface area (Å²) in [5.41, 5.74) is 0.999. The van der Waals surface area contributed by atoms with Crippen LogP contribution >= 0.6 is 11.3 Å². The van der Waals surface area contributed by atoms with Crippen LogP contribution in [0.25, 0.3) is 20.7 Å². The first kappa shape index (κ1) is 24.5. The van der Waals surface area contributed by atoms with E-state index in [-0.39, 0.29) is 38.2 Å². The monoisotopic (exact) mass is 615 g/mol. The predicted octanol–water partition coefficient (Wildman–Crippen LogP) is 5.95. The Bertz CT molecular complexity index is 912. The van der Waals surface area contributed by atoms with Crippen molar-refractivity contribution in [3.63, 3.8) is 0 Å². The standard InChI is InChI=1S/C13H8NS.C13H24O2.Ir/c1-2-7-12-10(5-1)9-13(15-12)11-6-3-4-8-14-11;1-8(2)10-5-3-4-9-6-7-11(14)12(9)13(10)15;/h1-8H;8-15H,3-7H2,1-2H3;/q-1;;. The van der Waals surface area contributed by atoms with Crippen molar-refractivity contribution < 1.29 is 30.3 Å². The quantitative estimate of drug-likeness (QED) is 0.351. The topological polar surface area (TPSA) is 53.4 Å². The van der Waals surface area contributed by atoms with Gasteiger partial charge in [0.1, 0.15) is 0 Å². The molecular formula is C26H32IrNO2S-. The van der Waals surface area contributed by atoms with Crippen molar-refractivity contribution in [1.82, 2.24) is 4.98 Å². The maximum absolute atomic E-state index is 10.4. The van der Waals surface area contributed by atoms with Crippen molar-refractivity contribution in [2.24, 2.45) is 23.7 Å². The minimum absolute atomic E-state index is 0. The number of aromatic nitrogens is 1. The van der Waals surface area contributed by atoms with Crippen molar-refractivity contribution in [1.29, 1.82) is 0 Å². The SMILES string of the molecule is CC(C)C1CCCC2CCC(O)C2C1O.[Ir].[c-]1c(-c2ccccn2)sc2ccccc12. The van der Waals surface area contributed by atoms with Gasteiger partial charge in [0.2, 0.25) is 0 Å². The van der Waals surface area contributed by atoms with Gasteiger partial charge in [-0.25, -0.2) is 11.3 Å². The number of aliphatic hydroxyl groups is 2. The number of aliphatic hydroxyl groups excluding tert-OH is 2. The molecule has 0 saturated heterocycles. The second-order valence-corrected chi connectivity index (χ2v) is 10.1. The third kappa shape index (κ3) is 5.64. The van der Waals surface area contributed by atoms with Crippen molar-refractivity contribution in [3.05, 3.63) is 54.7 Å². The number of hydrogen-bond acceptors (Lipinski definition) is 4. The fraction of sp³-hybridized carbons (Fsp3) is 0.500. The van der Waals surface area contributed by atoms with E-state index < -0.39 is 0 Å². The molecule has 2 N–H and O–H groups in total. The number of fused-ring (bicyclic) bond motifs is 2. The van der Waals surface area contributed by atoms with Gasteiger partial charge < -0.3 is 15.2 Å². The van der Waals surface area contributed by atoms with Gasteiger partial charge >= 0.3 is 0 Å². The molecule has 3 aromatic rings. The van der Waals surface area contributed by atoms with Crippen LogP contribution in [0.5, 0.6) is 0 Å². The average molecular weight is 615 g/mol. The Morgan fingerprint density at radius 1 is 1.00 bits per heavy atom. The van der Waals surface area contributed by atoms with E-state index in [9.17, 15) is 10.2 Å². The normalized spacial score (nSPS) is 27.7. The van der Waals surface area contributed by atoms with Crippen molar-refractivity contribution >= 4 is 21.4 Å². The van der Waals surface area contributed by atoms with Crippen LogP contribution < -0.4 is 0 Å². The Balaban J connectivity index is 0.000000170. The van der Waals surface area contributed by atoms with Gasteiger partial charge in [-0.15, -0.1) is 23.6 Å². The van der Waals surface area contributed by atoms with E-state index in [0.717, 1.165) is 29.8 Å². The molecule has 169 valence electrons. The van der Waals surface area contributed by atoms with E-state index in [4.69, 9.17) is 0 Å². The Hall–Kier alpha value is -1.10. The molecular weight excluding hydrogens is 583 g/mol. The molecule has 5 atom stereocenters. The van der Waals surface area contributed by atoms with Crippen LogP contribution in [0.4, 0.5) is 0 Å². The number of hydrogen-bond donors (Lipinski definition) is 2. The molecule has 0 aliphatic heterocycles. The van der Waals surface area contributed by atoms with E-state index in [1.807, 2.05) is 30.5 Å². The molecule has 5 unspecified atom stereocenters. The van der Waals surface area contributed by atoms with Crippen molar-refractivity contribution in [2.75, 3.05) is 0 Å². The van der Waals surface area contributed by atoms with E-state index in [0.29, 0.717) is 17.8 Å². The van der Waals surface area contributed by atoms with E-state index in [1.54, 1.807) is 11.3 Å². The third-order valence-corrected chi connectivity index (χ3v) is 7.96. The molecule has 3 nitrogen and oxygen atoms in total. The van der Waals surface area contributed by atoms with Gasteiger partial charge in [-0.1, -0.05) is 44.5 Å². The molecule has 2 fully saturated rings. The zero-order chi connectivity index (χ0) is 21.1. The summed E-state index contributed by atoms with van der Waals surface area (Å²) in [6.45, 7) is 4.38. The van der Waals surface area contributed by atoms with Gasteiger partial charge in [-0.3, -0.25) is 0 Å². The van der Waals surface area contributed by atoms with Gasteiger partial charge in [0.25, 0.3) is 0 Å². The van der Waals surface area contributed by atoms with Crippen molar-refractivity contribution in [2.45, 2.75) is 58.2 Å². The summed E-state index contributed by atoms with van der Waals surface area (Å²) < 4.78 is 1.26. The second kappa shape index (κ2) is 11.2. The van der Waals surface area contributed by atoms with E-state index in [2.05, 4.69) is 43.1 Å². The average Bonchev–Trinajstić information content (AvgIpc) is 3.30. The smallest absolute Gasteiger partial charge is 0.0626 e. The second-order valence-electron chi connectivity index (χ2n) is 9.08. The first-order valence-corrected chi connectivity index (χ1v) is 12.0. The largest absolute Gasteiger partial charge is 0.393 e. The molecule has 31 heavy (non-hydrogen) atoms. The van der Waals surface area contributed by atoms with Crippen LogP contribution in [0, 0.1) is 29.7 Å². The Kier molecular flexibility index (Phi) is 8.83. The Labute approximate surface area is 203 Å². The van der Waals surface area contributed by atoms with Gasteiger partial charge in [-0.2, -0.15) is 0 Å². The number of pyridine rings is 1. The van der Waals surface area contributed by atoms with E-state index >= 15 is 0 Å². The summed E-state index contributed by atoms with van der Waals surface area (Å²) in [6, 6.07) is 17.6. The van der Waals surface area contributed by atoms with Crippen LogP contribution in [0.3, 0.4) is 0 Å². The Morgan fingerprint density at radius 3 is 2.48 bits per heavy atom. The minimum atomic E-state index is -0.269. The molecule has 2 heterocycles. The molecule has 5 rings (SSSR count). The van der Waals surface area contributed by atoms with Crippen molar-refractivity contribution in [3.8, 4) is 10.6 Å². The first-order valence-electron chi connectivity index (χ1n) is 11.2. The fourth-order valence-electron chi connectivity index (χ4n) is 5.26. The summed E-state index contributed by atoms with van der Waals surface area (Å²) in [7, 11) is 0.